The van der Waals surface area contributed by atoms with Gasteiger partial charge in [0.2, 0.25) is 0 Å². The molecule has 0 N–H and O–H groups in total. The first-order valence-electron chi connectivity index (χ1n) is 8.30. The van der Waals surface area contributed by atoms with Crippen LogP contribution in [-0.4, -0.2) is 27.1 Å². The Hall–Kier alpha value is 0.137. The Morgan fingerprint density at radius 3 is 1.90 bits per heavy atom. The summed E-state index contributed by atoms with van der Waals surface area (Å²) in [6, 6.07) is 0. The zero-order chi connectivity index (χ0) is 15.9. The van der Waals surface area contributed by atoms with E-state index in [0.29, 0.717) is 0 Å². The van der Waals surface area contributed by atoms with E-state index < -0.39 is 8.32 Å². The van der Waals surface area contributed by atoms with Gasteiger partial charge >= 0.3 is 0 Å². The molecule has 1 unspecified atom stereocenters. The summed E-state index contributed by atoms with van der Waals surface area (Å²) in [7, 11) is -1.51. The van der Waals surface area contributed by atoms with E-state index in [1.165, 1.54) is 19.3 Å². The maximum absolute atomic E-state index is 6.54. The summed E-state index contributed by atoms with van der Waals surface area (Å²) in [5.74, 6) is 0. The van der Waals surface area contributed by atoms with Crippen molar-refractivity contribution in [2.75, 3.05) is 13.2 Å². The topological polar surface area (TPSA) is 18.5 Å². The van der Waals surface area contributed by atoms with Gasteiger partial charge in [-0.3, -0.25) is 0 Å². The van der Waals surface area contributed by atoms with E-state index in [1.807, 2.05) is 0 Å². The summed E-state index contributed by atoms with van der Waals surface area (Å²) < 4.78 is 12.1. The molecule has 0 saturated heterocycles. The quantitative estimate of drug-likeness (QED) is 0.384. The van der Waals surface area contributed by atoms with Crippen LogP contribution in [0.1, 0.15) is 66.7 Å². The lowest BCUT2D eigenvalue weighted by atomic mass is 9.75. The molecule has 122 valence electrons. The molecular weight excluding hydrogens is 264 g/mol. The van der Waals surface area contributed by atoms with Gasteiger partial charge in [-0.05, 0) is 51.2 Å². The molecule has 0 fully saturated rings. The molecule has 0 aliphatic rings. The van der Waals surface area contributed by atoms with Crippen molar-refractivity contribution in [3.05, 3.63) is 0 Å². The second-order valence-corrected chi connectivity index (χ2v) is 12.5. The molecule has 20 heavy (non-hydrogen) atoms. The van der Waals surface area contributed by atoms with Gasteiger partial charge in [-0.1, -0.05) is 40.5 Å². The van der Waals surface area contributed by atoms with Gasteiger partial charge < -0.3 is 9.16 Å². The van der Waals surface area contributed by atoms with E-state index in [9.17, 15) is 0 Å². The van der Waals surface area contributed by atoms with Gasteiger partial charge in [-0.15, -0.1) is 0 Å². The van der Waals surface area contributed by atoms with Crippen LogP contribution in [0.25, 0.3) is 0 Å². The van der Waals surface area contributed by atoms with E-state index in [4.69, 9.17) is 9.16 Å². The molecule has 0 rings (SSSR count). The Kier molecular flexibility index (Phi) is 8.61. The molecule has 0 spiro atoms. The highest BCUT2D eigenvalue weighted by molar-refractivity contribution is 6.69. The number of unbranched alkanes of at least 4 members (excludes halogenated alkanes) is 2. The molecule has 0 bridgehead atoms. The van der Waals surface area contributed by atoms with Gasteiger partial charge in [0.05, 0.1) is 5.60 Å². The van der Waals surface area contributed by atoms with Gasteiger partial charge in [0.25, 0.3) is 0 Å². The van der Waals surface area contributed by atoms with E-state index in [-0.39, 0.29) is 11.0 Å². The second kappa shape index (κ2) is 8.55. The third-order valence-electron chi connectivity index (χ3n) is 3.91. The summed E-state index contributed by atoms with van der Waals surface area (Å²) in [4.78, 5) is 0. The highest BCUT2D eigenvalue weighted by Crippen LogP contribution is 2.39. The maximum atomic E-state index is 6.54. The summed E-state index contributed by atoms with van der Waals surface area (Å²) in [5, 5.41) is 0. The summed E-state index contributed by atoms with van der Waals surface area (Å²) in [6.45, 7) is 20.0. The minimum atomic E-state index is -1.51. The SMILES string of the molecule is CCCOCCCCCC(C)(O[Si](C)(C)C)C(C)(C)C. The van der Waals surface area contributed by atoms with E-state index in [1.54, 1.807) is 0 Å². The predicted molar refractivity (Wildman–Crippen MR) is 91.9 cm³/mol. The number of hydrogen-bond donors (Lipinski definition) is 0. The molecule has 0 heterocycles. The largest absolute Gasteiger partial charge is 0.412 e. The van der Waals surface area contributed by atoms with Crippen molar-refractivity contribution in [1.82, 2.24) is 0 Å². The number of ether oxygens (including phenoxy) is 1. The molecule has 2 nitrogen and oxygen atoms in total. The first-order chi connectivity index (χ1) is 9.02. The first-order valence-corrected chi connectivity index (χ1v) is 11.7. The minimum absolute atomic E-state index is 0.0122. The minimum Gasteiger partial charge on any atom is -0.412 e. The average molecular weight is 303 g/mol. The zero-order valence-corrected chi connectivity index (χ0v) is 16.3. The fourth-order valence-corrected chi connectivity index (χ4v) is 4.10. The van der Waals surface area contributed by atoms with Gasteiger partial charge in [-0.2, -0.15) is 0 Å². The molecule has 0 saturated carbocycles. The third kappa shape index (κ3) is 8.43. The van der Waals surface area contributed by atoms with Crippen LogP contribution in [-0.2, 0) is 9.16 Å². The number of hydrogen-bond acceptors (Lipinski definition) is 2. The molecule has 0 aromatic rings. The van der Waals surface area contributed by atoms with Gasteiger partial charge in [-0.25, -0.2) is 0 Å². The van der Waals surface area contributed by atoms with Crippen LogP contribution < -0.4 is 0 Å². The van der Waals surface area contributed by atoms with Gasteiger partial charge in [0.15, 0.2) is 8.32 Å². The Labute approximate surface area is 128 Å². The molecule has 3 heteroatoms. The average Bonchev–Trinajstić information content (AvgIpc) is 2.24. The van der Waals surface area contributed by atoms with Crippen LogP contribution in [0, 0.1) is 5.41 Å². The van der Waals surface area contributed by atoms with E-state index in [0.717, 1.165) is 26.1 Å². The lowest BCUT2D eigenvalue weighted by Crippen LogP contribution is -2.49. The Morgan fingerprint density at radius 1 is 0.850 bits per heavy atom. The Morgan fingerprint density at radius 2 is 1.45 bits per heavy atom. The molecule has 0 aromatic heterocycles. The smallest absolute Gasteiger partial charge is 0.184 e. The van der Waals surface area contributed by atoms with Crippen molar-refractivity contribution in [2.45, 2.75) is 92.0 Å². The normalized spacial score (nSPS) is 16.2. The van der Waals surface area contributed by atoms with E-state index >= 15 is 0 Å². The van der Waals surface area contributed by atoms with Crippen molar-refractivity contribution in [1.29, 1.82) is 0 Å². The standard InChI is InChI=1S/C17H38O2Si/c1-9-14-18-15-12-10-11-13-17(5,16(2,3)4)19-20(6,7)8/h9-15H2,1-8H3. The number of rotatable bonds is 10. The van der Waals surface area contributed by atoms with Crippen LogP contribution in [0.15, 0.2) is 0 Å². The predicted octanol–water partition coefficient (Wildman–Crippen LogP) is 5.63. The zero-order valence-electron chi connectivity index (χ0n) is 15.3. The molecule has 0 radical (unpaired) electrons. The molecule has 0 amide bonds. The highest BCUT2D eigenvalue weighted by Gasteiger charge is 2.40. The summed E-state index contributed by atoms with van der Waals surface area (Å²) in [6.07, 6.45) is 5.91. The molecule has 1 atom stereocenters. The summed E-state index contributed by atoms with van der Waals surface area (Å²) >= 11 is 0. The lowest BCUT2D eigenvalue weighted by Gasteiger charge is -2.46. The molecule has 0 aliphatic carbocycles. The molecule has 0 aromatic carbocycles. The van der Waals surface area contributed by atoms with Crippen molar-refractivity contribution < 1.29 is 9.16 Å². The van der Waals surface area contributed by atoms with E-state index in [2.05, 4.69) is 54.3 Å². The van der Waals surface area contributed by atoms with Crippen LogP contribution >= 0.6 is 0 Å². The van der Waals surface area contributed by atoms with Crippen molar-refractivity contribution in [2.24, 2.45) is 5.41 Å². The fraction of sp³-hybridized carbons (Fsp3) is 1.00. The van der Waals surface area contributed by atoms with Crippen molar-refractivity contribution in [3.8, 4) is 0 Å². The fourth-order valence-electron chi connectivity index (χ4n) is 2.34. The van der Waals surface area contributed by atoms with Crippen molar-refractivity contribution >= 4 is 8.32 Å². The lowest BCUT2D eigenvalue weighted by molar-refractivity contribution is -0.0330. The first kappa shape index (κ1) is 20.1. The maximum Gasteiger partial charge on any atom is 0.184 e. The van der Waals surface area contributed by atoms with Crippen LogP contribution in [0.5, 0.6) is 0 Å². The highest BCUT2D eigenvalue weighted by atomic mass is 28.4. The second-order valence-electron chi connectivity index (χ2n) is 8.12. The van der Waals surface area contributed by atoms with Crippen molar-refractivity contribution in [3.63, 3.8) is 0 Å². The Bertz CT molecular complexity index is 253. The van der Waals surface area contributed by atoms with Crippen LogP contribution in [0.3, 0.4) is 0 Å². The van der Waals surface area contributed by atoms with Gasteiger partial charge in [0, 0.05) is 13.2 Å². The van der Waals surface area contributed by atoms with Crippen LogP contribution in [0.4, 0.5) is 0 Å². The van der Waals surface area contributed by atoms with Crippen LogP contribution in [0.2, 0.25) is 19.6 Å². The van der Waals surface area contributed by atoms with Gasteiger partial charge in [0.1, 0.15) is 0 Å². The third-order valence-corrected chi connectivity index (χ3v) is 4.97. The molecule has 0 aliphatic heterocycles. The monoisotopic (exact) mass is 302 g/mol. The molecular formula is C17H38O2Si. The Balaban J connectivity index is 4.20. The summed E-state index contributed by atoms with van der Waals surface area (Å²) in [5.41, 5.74) is 0.174.